The summed E-state index contributed by atoms with van der Waals surface area (Å²) < 4.78 is 19.1. The van der Waals surface area contributed by atoms with Gasteiger partial charge in [0.05, 0.1) is 19.6 Å². The van der Waals surface area contributed by atoms with Crippen molar-refractivity contribution in [2.45, 2.75) is 25.8 Å². The van der Waals surface area contributed by atoms with Crippen LogP contribution in [0.3, 0.4) is 0 Å². The molecule has 1 N–H and O–H groups in total. The highest BCUT2D eigenvalue weighted by molar-refractivity contribution is 5.79. The number of rotatable bonds is 6. The minimum Gasteiger partial charge on any atom is -0.378 e. The van der Waals surface area contributed by atoms with E-state index in [0.717, 1.165) is 37.6 Å². The fourth-order valence-corrected chi connectivity index (χ4v) is 3.24. The fourth-order valence-electron chi connectivity index (χ4n) is 3.24. The van der Waals surface area contributed by atoms with E-state index in [2.05, 4.69) is 22.3 Å². The maximum absolute atomic E-state index is 13.7. The molecule has 1 amide bonds. The maximum Gasteiger partial charge on any atom is 0.224 e. The number of morpholine rings is 1. The molecule has 3 rings (SSSR count). The highest BCUT2D eigenvalue weighted by Gasteiger charge is 2.14. The third-order valence-corrected chi connectivity index (χ3v) is 4.54. The largest absolute Gasteiger partial charge is 0.378 e. The summed E-state index contributed by atoms with van der Waals surface area (Å²) in [6, 6.07) is 14.6. The molecule has 0 spiro atoms. The number of carbonyl (C=O) groups excluding carboxylic acids is 1. The molecule has 0 saturated carbocycles. The molecule has 0 bridgehead atoms. The summed E-state index contributed by atoms with van der Waals surface area (Å²) >= 11 is 0. The van der Waals surface area contributed by atoms with Crippen molar-refractivity contribution in [3.63, 3.8) is 0 Å². The van der Waals surface area contributed by atoms with Crippen LogP contribution < -0.4 is 10.2 Å². The van der Waals surface area contributed by atoms with Gasteiger partial charge in [0.25, 0.3) is 0 Å². The molecule has 1 aliphatic heterocycles. The lowest BCUT2D eigenvalue weighted by atomic mass is 10.1. The Labute approximate surface area is 154 Å². The first kappa shape index (κ1) is 18.4. The molecule has 1 saturated heterocycles. The van der Waals surface area contributed by atoms with E-state index in [-0.39, 0.29) is 17.8 Å². The van der Waals surface area contributed by atoms with Crippen LogP contribution in [0, 0.1) is 5.82 Å². The number of carbonyl (C=O) groups is 1. The molecule has 0 aliphatic carbocycles. The fraction of sp³-hybridized carbons (Fsp3) is 0.381. The number of hydrogen-bond acceptors (Lipinski definition) is 3. The second-order valence-electron chi connectivity index (χ2n) is 6.71. The Morgan fingerprint density at radius 3 is 2.73 bits per heavy atom. The van der Waals surface area contributed by atoms with E-state index < -0.39 is 0 Å². The van der Waals surface area contributed by atoms with Gasteiger partial charge in [-0.25, -0.2) is 4.39 Å². The lowest BCUT2D eigenvalue weighted by molar-refractivity contribution is -0.121. The standard InChI is InChI=1S/C21H25FN2O2/c1-16(13-18-6-2-3-8-20(18)22)23-21(25)15-17-5-4-7-19(14-17)24-9-11-26-12-10-24/h2-8,14,16H,9-13,15H2,1H3,(H,23,25)/t16-/m0/s1. The summed E-state index contributed by atoms with van der Waals surface area (Å²) in [4.78, 5) is 14.6. The molecule has 0 aromatic heterocycles. The predicted molar refractivity (Wildman–Crippen MR) is 101 cm³/mol. The maximum atomic E-state index is 13.7. The van der Waals surface area contributed by atoms with Gasteiger partial charge in [-0.3, -0.25) is 4.79 Å². The summed E-state index contributed by atoms with van der Waals surface area (Å²) in [7, 11) is 0. The van der Waals surface area contributed by atoms with Gasteiger partial charge in [0.15, 0.2) is 0 Å². The molecule has 1 aliphatic rings. The Bertz CT molecular complexity index is 744. The van der Waals surface area contributed by atoms with Crippen LogP contribution in [0.15, 0.2) is 48.5 Å². The van der Waals surface area contributed by atoms with Crippen molar-refractivity contribution in [3.05, 3.63) is 65.5 Å². The topological polar surface area (TPSA) is 41.6 Å². The number of nitrogens with zero attached hydrogens (tertiary/aromatic N) is 1. The highest BCUT2D eigenvalue weighted by atomic mass is 19.1. The predicted octanol–water partition coefficient (Wildman–Crippen LogP) is 2.95. The van der Waals surface area contributed by atoms with Gasteiger partial charge in [-0.1, -0.05) is 30.3 Å². The first-order valence-corrected chi connectivity index (χ1v) is 9.06. The van der Waals surface area contributed by atoms with Crippen LogP contribution in [-0.2, 0) is 22.4 Å². The molecule has 2 aromatic rings. The van der Waals surface area contributed by atoms with Gasteiger partial charge in [0.2, 0.25) is 5.91 Å². The number of amides is 1. The van der Waals surface area contributed by atoms with E-state index in [1.807, 2.05) is 25.1 Å². The Morgan fingerprint density at radius 1 is 1.19 bits per heavy atom. The first-order chi connectivity index (χ1) is 12.6. The Morgan fingerprint density at radius 2 is 1.96 bits per heavy atom. The number of anilines is 1. The van der Waals surface area contributed by atoms with E-state index in [0.29, 0.717) is 18.4 Å². The third-order valence-electron chi connectivity index (χ3n) is 4.54. The van der Waals surface area contributed by atoms with Gasteiger partial charge in [0.1, 0.15) is 5.82 Å². The molecule has 1 fully saturated rings. The van der Waals surface area contributed by atoms with E-state index in [1.165, 1.54) is 6.07 Å². The SMILES string of the molecule is C[C@@H](Cc1ccccc1F)NC(=O)Cc1cccc(N2CCOCC2)c1. The van der Waals surface area contributed by atoms with Crippen LogP contribution in [0.5, 0.6) is 0 Å². The van der Waals surface area contributed by atoms with Crippen molar-refractivity contribution in [1.82, 2.24) is 5.32 Å². The van der Waals surface area contributed by atoms with Crippen LogP contribution in [0.2, 0.25) is 0 Å². The number of nitrogens with one attached hydrogen (secondary N) is 1. The van der Waals surface area contributed by atoms with E-state index in [4.69, 9.17) is 4.74 Å². The van der Waals surface area contributed by atoms with Crippen LogP contribution in [0.4, 0.5) is 10.1 Å². The molecule has 2 aromatic carbocycles. The zero-order valence-corrected chi connectivity index (χ0v) is 15.1. The second kappa shape index (κ2) is 8.81. The van der Waals surface area contributed by atoms with E-state index in [9.17, 15) is 9.18 Å². The molecule has 138 valence electrons. The molecule has 1 atom stereocenters. The van der Waals surface area contributed by atoms with Crippen molar-refractivity contribution in [2.75, 3.05) is 31.2 Å². The van der Waals surface area contributed by atoms with Crippen LogP contribution in [0.1, 0.15) is 18.1 Å². The van der Waals surface area contributed by atoms with Crippen molar-refractivity contribution in [1.29, 1.82) is 0 Å². The third kappa shape index (κ3) is 5.05. The summed E-state index contributed by atoms with van der Waals surface area (Å²) in [5.41, 5.74) is 2.72. The number of hydrogen-bond donors (Lipinski definition) is 1. The zero-order chi connectivity index (χ0) is 18.4. The number of ether oxygens (including phenoxy) is 1. The first-order valence-electron chi connectivity index (χ1n) is 9.06. The van der Waals surface area contributed by atoms with Gasteiger partial charge in [-0.05, 0) is 42.7 Å². The summed E-state index contributed by atoms with van der Waals surface area (Å²) in [5.74, 6) is -0.278. The monoisotopic (exact) mass is 356 g/mol. The average Bonchev–Trinajstić information content (AvgIpc) is 2.64. The van der Waals surface area contributed by atoms with Gasteiger partial charge in [-0.15, -0.1) is 0 Å². The number of benzene rings is 2. The molecule has 5 heteroatoms. The zero-order valence-electron chi connectivity index (χ0n) is 15.1. The summed E-state index contributed by atoms with van der Waals surface area (Å²) in [6.07, 6.45) is 0.798. The van der Waals surface area contributed by atoms with Gasteiger partial charge in [-0.2, -0.15) is 0 Å². The Kier molecular flexibility index (Phi) is 6.23. The van der Waals surface area contributed by atoms with E-state index >= 15 is 0 Å². The van der Waals surface area contributed by atoms with Gasteiger partial charge >= 0.3 is 0 Å². The minimum absolute atomic E-state index is 0.0482. The lowest BCUT2D eigenvalue weighted by Gasteiger charge is -2.29. The molecular formula is C21H25FN2O2. The molecule has 1 heterocycles. The van der Waals surface area contributed by atoms with E-state index in [1.54, 1.807) is 12.1 Å². The summed E-state index contributed by atoms with van der Waals surface area (Å²) in [6.45, 7) is 5.11. The molecule has 4 nitrogen and oxygen atoms in total. The normalized spacial score (nSPS) is 15.5. The minimum atomic E-state index is -0.230. The Hall–Kier alpha value is -2.40. The average molecular weight is 356 g/mol. The van der Waals surface area contributed by atoms with Crippen molar-refractivity contribution in [3.8, 4) is 0 Å². The van der Waals surface area contributed by atoms with Crippen molar-refractivity contribution in [2.24, 2.45) is 0 Å². The molecule has 0 radical (unpaired) electrons. The van der Waals surface area contributed by atoms with Gasteiger partial charge < -0.3 is 15.0 Å². The van der Waals surface area contributed by atoms with Crippen molar-refractivity contribution < 1.29 is 13.9 Å². The smallest absolute Gasteiger partial charge is 0.224 e. The molecule has 26 heavy (non-hydrogen) atoms. The summed E-state index contributed by atoms with van der Waals surface area (Å²) in [5, 5.41) is 2.96. The number of halogens is 1. The molecular weight excluding hydrogens is 331 g/mol. The quantitative estimate of drug-likeness (QED) is 0.865. The van der Waals surface area contributed by atoms with Crippen LogP contribution >= 0.6 is 0 Å². The van der Waals surface area contributed by atoms with Crippen LogP contribution in [0.25, 0.3) is 0 Å². The van der Waals surface area contributed by atoms with Crippen LogP contribution in [-0.4, -0.2) is 38.3 Å². The lowest BCUT2D eigenvalue weighted by Crippen LogP contribution is -2.36. The van der Waals surface area contributed by atoms with Crippen molar-refractivity contribution >= 4 is 11.6 Å². The highest BCUT2D eigenvalue weighted by Crippen LogP contribution is 2.18. The molecule has 0 unspecified atom stereocenters. The second-order valence-corrected chi connectivity index (χ2v) is 6.71. The van der Waals surface area contributed by atoms with Gasteiger partial charge in [0, 0.05) is 24.8 Å². The Balaban J connectivity index is 1.55.